The zero-order valence-electron chi connectivity index (χ0n) is 12.9. The van der Waals surface area contributed by atoms with E-state index in [9.17, 15) is 4.79 Å². The predicted molar refractivity (Wildman–Crippen MR) is 79.1 cm³/mol. The van der Waals surface area contributed by atoms with Crippen molar-refractivity contribution in [1.29, 1.82) is 0 Å². The molecule has 0 aliphatic carbocycles. The van der Waals surface area contributed by atoms with Gasteiger partial charge in [0.05, 0.1) is 33.0 Å². The Morgan fingerprint density at radius 2 is 1.95 bits per heavy atom. The van der Waals surface area contributed by atoms with Crippen molar-refractivity contribution in [3.05, 3.63) is 41.7 Å². The summed E-state index contributed by atoms with van der Waals surface area (Å²) in [5, 5.41) is 0. The first kappa shape index (κ1) is 17.0. The lowest BCUT2D eigenvalue weighted by molar-refractivity contribution is -0.137. The van der Waals surface area contributed by atoms with Gasteiger partial charge in [-0.3, -0.25) is 0 Å². The van der Waals surface area contributed by atoms with Crippen molar-refractivity contribution in [3.63, 3.8) is 0 Å². The van der Waals surface area contributed by atoms with E-state index in [0.717, 1.165) is 11.3 Å². The smallest absolute Gasteiger partial charge is 0.334 e. The first-order valence-corrected chi connectivity index (χ1v) is 6.73. The normalized spacial score (nSPS) is 12.7. The largest absolute Gasteiger partial charge is 0.501 e. The van der Waals surface area contributed by atoms with Gasteiger partial charge in [-0.2, -0.15) is 0 Å². The molecule has 0 saturated heterocycles. The van der Waals surface area contributed by atoms with E-state index in [-0.39, 0.29) is 6.10 Å². The van der Waals surface area contributed by atoms with Gasteiger partial charge < -0.3 is 18.9 Å². The Labute approximate surface area is 125 Å². The molecule has 1 aromatic carbocycles. The third kappa shape index (κ3) is 5.11. The number of methoxy groups -OCH3 is 3. The number of carbonyl (C=O) groups excluding carboxylic acids is 1. The van der Waals surface area contributed by atoms with Crippen molar-refractivity contribution in [2.45, 2.75) is 19.4 Å². The summed E-state index contributed by atoms with van der Waals surface area (Å²) in [6.07, 6.45) is 1.47. The maximum absolute atomic E-state index is 11.5. The Morgan fingerprint density at radius 1 is 1.24 bits per heavy atom. The van der Waals surface area contributed by atoms with Gasteiger partial charge in [0.15, 0.2) is 0 Å². The standard InChI is InChI=1S/C16H22O5/c1-5-21-16(17)11-12(18-2)10-15(20-4)13-8-6-7-9-14(13)19-3/h6-9,11,15H,5,10H2,1-4H3/b12-11+. The Morgan fingerprint density at radius 3 is 2.52 bits per heavy atom. The summed E-state index contributed by atoms with van der Waals surface area (Å²) in [5.74, 6) is 0.798. The highest BCUT2D eigenvalue weighted by molar-refractivity contribution is 5.82. The fraction of sp³-hybridized carbons (Fsp3) is 0.438. The van der Waals surface area contributed by atoms with E-state index in [1.165, 1.54) is 13.2 Å². The van der Waals surface area contributed by atoms with E-state index in [1.807, 2.05) is 24.3 Å². The zero-order valence-corrected chi connectivity index (χ0v) is 12.9. The van der Waals surface area contributed by atoms with Crippen LogP contribution in [-0.4, -0.2) is 33.9 Å². The third-order valence-electron chi connectivity index (χ3n) is 2.98. The van der Waals surface area contributed by atoms with Gasteiger partial charge >= 0.3 is 5.97 Å². The molecule has 1 aromatic rings. The maximum Gasteiger partial charge on any atom is 0.334 e. The van der Waals surface area contributed by atoms with Crippen LogP contribution in [0.2, 0.25) is 0 Å². The number of carbonyl (C=O) groups is 1. The summed E-state index contributed by atoms with van der Waals surface area (Å²) in [5.41, 5.74) is 0.898. The SMILES string of the molecule is CCOC(=O)/C=C(\CC(OC)c1ccccc1OC)OC. The molecule has 1 atom stereocenters. The Bertz CT molecular complexity index is 481. The van der Waals surface area contributed by atoms with E-state index < -0.39 is 5.97 Å². The lowest BCUT2D eigenvalue weighted by Gasteiger charge is -2.19. The predicted octanol–water partition coefficient (Wildman–Crippen LogP) is 2.87. The Hall–Kier alpha value is -2.01. The molecular weight excluding hydrogens is 272 g/mol. The van der Waals surface area contributed by atoms with Crippen LogP contribution in [0.4, 0.5) is 0 Å². The van der Waals surface area contributed by atoms with Crippen LogP contribution in [0, 0.1) is 0 Å². The first-order valence-electron chi connectivity index (χ1n) is 6.73. The van der Waals surface area contributed by atoms with Crippen LogP contribution in [0.3, 0.4) is 0 Å². The first-order chi connectivity index (χ1) is 10.2. The van der Waals surface area contributed by atoms with Gasteiger partial charge in [-0.25, -0.2) is 4.79 Å². The summed E-state index contributed by atoms with van der Waals surface area (Å²) in [6.45, 7) is 2.08. The van der Waals surface area contributed by atoms with Gasteiger partial charge in [0, 0.05) is 19.1 Å². The van der Waals surface area contributed by atoms with Crippen molar-refractivity contribution in [2.24, 2.45) is 0 Å². The zero-order chi connectivity index (χ0) is 15.7. The fourth-order valence-electron chi connectivity index (χ4n) is 1.95. The molecule has 0 spiro atoms. The number of esters is 1. The molecule has 21 heavy (non-hydrogen) atoms. The van der Waals surface area contributed by atoms with Gasteiger partial charge in [-0.1, -0.05) is 18.2 Å². The Kier molecular flexibility index (Phi) is 7.32. The second-order valence-corrected chi connectivity index (χ2v) is 4.24. The minimum absolute atomic E-state index is 0.276. The molecule has 1 rings (SSSR count). The molecule has 5 nitrogen and oxygen atoms in total. The topological polar surface area (TPSA) is 54.0 Å². The lowest BCUT2D eigenvalue weighted by Crippen LogP contribution is -2.08. The summed E-state index contributed by atoms with van der Waals surface area (Å²) in [7, 11) is 4.73. The summed E-state index contributed by atoms with van der Waals surface area (Å²) >= 11 is 0. The van der Waals surface area contributed by atoms with Gasteiger partial charge in [0.1, 0.15) is 11.5 Å². The van der Waals surface area contributed by atoms with Gasteiger partial charge in [0.25, 0.3) is 0 Å². The highest BCUT2D eigenvalue weighted by atomic mass is 16.5. The third-order valence-corrected chi connectivity index (χ3v) is 2.98. The molecule has 116 valence electrons. The molecule has 0 aliphatic rings. The maximum atomic E-state index is 11.5. The molecule has 0 heterocycles. The van der Waals surface area contributed by atoms with E-state index >= 15 is 0 Å². The summed E-state index contributed by atoms with van der Waals surface area (Å²) in [6, 6.07) is 7.58. The van der Waals surface area contributed by atoms with Crippen LogP contribution in [0.25, 0.3) is 0 Å². The van der Waals surface area contributed by atoms with Crippen LogP contribution in [0.15, 0.2) is 36.1 Å². The van der Waals surface area contributed by atoms with Crippen LogP contribution >= 0.6 is 0 Å². The van der Waals surface area contributed by atoms with E-state index in [4.69, 9.17) is 18.9 Å². The minimum atomic E-state index is -0.427. The molecule has 0 fully saturated rings. The second kappa shape index (κ2) is 9.02. The number of ether oxygens (including phenoxy) is 4. The van der Waals surface area contributed by atoms with Gasteiger partial charge in [0.2, 0.25) is 0 Å². The van der Waals surface area contributed by atoms with Gasteiger partial charge in [-0.05, 0) is 13.0 Å². The lowest BCUT2D eigenvalue weighted by atomic mass is 10.0. The molecule has 0 radical (unpaired) electrons. The molecule has 0 aliphatic heterocycles. The van der Waals surface area contributed by atoms with Crippen LogP contribution < -0.4 is 4.74 Å². The molecule has 0 saturated carbocycles. The number of rotatable bonds is 8. The highest BCUT2D eigenvalue weighted by Gasteiger charge is 2.18. The molecular formula is C16H22O5. The fourth-order valence-corrected chi connectivity index (χ4v) is 1.95. The van der Waals surface area contributed by atoms with E-state index in [2.05, 4.69) is 0 Å². The van der Waals surface area contributed by atoms with Crippen molar-refractivity contribution in [3.8, 4) is 5.75 Å². The Balaban J connectivity index is 2.92. The van der Waals surface area contributed by atoms with Crippen molar-refractivity contribution < 1.29 is 23.7 Å². The van der Waals surface area contributed by atoms with Crippen molar-refractivity contribution >= 4 is 5.97 Å². The molecule has 5 heteroatoms. The van der Waals surface area contributed by atoms with E-state index in [1.54, 1.807) is 21.1 Å². The summed E-state index contributed by atoms with van der Waals surface area (Å²) in [4.78, 5) is 11.5. The van der Waals surface area contributed by atoms with Crippen LogP contribution in [0.1, 0.15) is 25.0 Å². The van der Waals surface area contributed by atoms with Crippen LogP contribution in [-0.2, 0) is 19.0 Å². The number of para-hydroxylation sites is 1. The quantitative estimate of drug-likeness (QED) is 0.419. The van der Waals surface area contributed by atoms with E-state index in [0.29, 0.717) is 18.8 Å². The monoisotopic (exact) mass is 294 g/mol. The average Bonchev–Trinajstić information content (AvgIpc) is 2.51. The van der Waals surface area contributed by atoms with Gasteiger partial charge in [-0.15, -0.1) is 0 Å². The average molecular weight is 294 g/mol. The van der Waals surface area contributed by atoms with Crippen molar-refractivity contribution in [1.82, 2.24) is 0 Å². The minimum Gasteiger partial charge on any atom is -0.501 e. The number of benzene rings is 1. The molecule has 1 unspecified atom stereocenters. The highest BCUT2D eigenvalue weighted by Crippen LogP contribution is 2.31. The number of hydrogen-bond donors (Lipinski definition) is 0. The second-order valence-electron chi connectivity index (χ2n) is 4.24. The molecule has 0 amide bonds. The van der Waals surface area contributed by atoms with Crippen LogP contribution in [0.5, 0.6) is 5.75 Å². The number of hydrogen-bond acceptors (Lipinski definition) is 5. The molecule has 0 aromatic heterocycles. The summed E-state index contributed by atoms with van der Waals surface area (Å²) < 4.78 is 20.9. The molecule has 0 bridgehead atoms. The van der Waals surface area contributed by atoms with Crippen molar-refractivity contribution in [2.75, 3.05) is 27.9 Å². The molecule has 0 N–H and O–H groups in total.